The van der Waals surface area contributed by atoms with Crippen LogP contribution in [0.1, 0.15) is 46.1 Å². The fraction of sp³-hybridized carbons (Fsp3) is 0.364. The number of benzene rings is 1. The van der Waals surface area contributed by atoms with Crippen molar-refractivity contribution < 1.29 is 9.90 Å². The second-order valence-corrected chi connectivity index (χ2v) is 4.65. The zero-order chi connectivity index (χ0) is 11.6. The van der Waals surface area contributed by atoms with Crippen molar-refractivity contribution >= 4 is 29.2 Å². The number of halogens is 2. The van der Waals surface area contributed by atoms with E-state index in [-0.39, 0.29) is 16.3 Å². The molecular weight excluding hydrogens is 235 g/mol. The Balaban J connectivity index is 3.42. The Morgan fingerprint density at radius 2 is 1.87 bits per heavy atom. The third-order valence-corrected chi connectivity index (χ3v) is 2.65. The zero-order valence-corrected chi connectivity index (χ0v) is 10.0. The third-order valence-electron chi connectivity index (χ3n) is 2.20. The van der Waals surface area contributed by atoms with E-state index < -0.39 is 5.97 Å². The largest absolute Gasteiger partial charge is 0.478 e. The minimum absolute atomic E-state index is 0.225. The molecule has 2 atom stereocenters. The van der Waals surface area contributed by atoms with Gasteiger partial charge in [-0.1, -0.05) is 12.1 Å². The molecule has 4 heteroatoms. The normalized spacial score (nSPS) is 14.7. The number of aromatic carboxylic acids is 1. The van der Waals surface area contributed by atoms with Gasteiger partial charge in [0, 0.05) is 0 Å². The minimum atomic E-state index is -0.975. The van der Waals surface area contributed by atoms with Crippen molar-refractivity contribution in [2.45, 2.75) is 24.6 Å². The predicted octanol–water partition coefficient (Wildman–Crippen LogP) is 3.98. The molecule has 1 aromatic carbocycles. The number of hydrogen-bond donors (Lipinski definition) is 1. The molecule has 0 aromatic heterocycles. The lowest BCUT2D eigenvalue weighted by molar-refractivity contribution is 0.0695. The van der Waals surface area contributed by atoms with Crippen LogP contribution in [-0.4, -0.2) is 11.1 Å². The van der Waals surface area contributed by atoms with Crippen LogP contribution in [0.2, 0.25) is 0 Å². The highest BCUT2D eigenvalue weighted by atomic mass is 35.5. The van der Waals surface area contributed by atoms with Crippen LogP contribution in [0, 0.1) is 0 Å². The number of rotatable bonds is 3. The maximum absolute atomic E-state index is 11.0. The number of alkyl halides is 2. The highest BCUT2D eigenvalue weighted by molar-refractivity contribution is 6.23. The molecule has 0 heterocycles. The van der Waals surface area contributed by atoms with E-state index in [1.54, 1.807) is 32.0 Å². The van der Waals surface area contributed by atoms with Crippen LogP contribution in [0.3, 0.4) is 0 Å². The van der Waals surface area contributed by atoms with Crippen LogP contribution in [0.25, 0.3) is 0 Å². The van der Waals surface area contributed by atoms with Gasteiger partial charge in [-0.05, 0) is 31.0 Å². The van der Waals surface area contributed by atoms with Gasteiger partial charge < -0.3 is 5.11 Å². The summed E-state index contributed by atoms with van der Waals surface area (Å²) in [6.45, 7) is 3.54. The number of carboxylic acid groups (broad SMARTS) is 1. The van der Waals surface area contributed by atoms with Gasteiger partial charge in [-0.25, -0.2) is 4.79 Å². The number of hydrogen-bond acceptors (Lipinski definition) is 1. The van der Waals surface area contributed by atoms with Gasteiger partial charge in [0.05, 0.1) is 16.3 Å². The van der Waals surface area contributed by atoms with E-state index in [0.29, 0.717) is 5.56 Å². The van der Waals surface area contributed by atoms with Crippen LogP contribution in [0.5, 0.6) is 0 Å². The standard InChI is InChI=1S/C11H12Cl2O2/c1-6(12)8-4-3-5-9(11(14)15)10(8)7(2)13/h3-7H,1-2H3,(H,14,15). The molecule has 2 nitrogen and oxygen atoms in total. The lowest BCUT2D eigenvalue weighted by Crippen LogP contribution is -2.06. The van der Waals surface area contributed by atoms with Crippen molar-refractivity contribution in [3.63, 3.8) is 0 Å². The van der Waals surface area contributed by atoms with Crippen molar-refractivity contribution in [2.24, 2.45) is 0 Å². The summed E-state index contributed by atoms with van der Waals surface area (Å²) in [6.07, 6.45) is 0. The van der Waals surface area contributed by atoms with E-state index in [1.165, 1.54) is 0 Å². The lowest BCUT2D eigenvalue weighted by atomic mass is 9.97. The molecule has 0 amide bonds. The lowest BCUT2D eigenvalue weighted by Gasteiger charge is -2.15. The molecule has 0 spiro atoms. The first kappa shape index (κ1) is 12.3. The van der Waals surface area contributed by atoms with Crippen molar-refractivity contribution in [3.05, 3.63) is 34.9 Å². The molecule has 0 aliphatic carbocycles. The summed E-state index contributed by atoms with van der Waals surface area (Å²) < 4.78 is 0. The molecule has 1 N–H and O–H groups in total. The molecule has 0 radical (unpaired) electrons. The highest BCUT2D eigenvalue weighted by Crippen LogP contribution is 2.33. The number of carbonyl (C=O) groups is 1. The Morgan fingerprint density at radius 1 is 1.27 bits per heavy atom. The summed E-state index contributed by atoms with van der Waals surface area (Å²) in [6, 6.07) is 5.03. The van der Waals surface area contributed by atoms with Crippen LogP contribution >= 0.6 is 23.2 Å². The molecule has 0 saturated carbocycles. The molecule has 0 bridgehead atoms. The third kappa shape index (κ3) is 2.64. The molecule has 0 aliphatic rings. The minimum Gasteiger partial charge on any atom is -0.478 e. The molecule has 82 valence electrons. The van der Waals surface area contributed by atoms with E-state index in [1.807, 2.05) is 0 Å². The van der Waals surface area contributed by atoms with Crippen molar-refractivity contribution in [2.75, 3.05) is 0 Å². The smallest absolute Gasteiger partial charge is 0.336 e. The van der Waals surface area contributed by atoms with Gasteiger partial charge in [0.1, 0.15) is 0 Å². The maximum atomic E-state index is 11.0. The molecule has 1 aromatic rings. The van der Waals surface area contributed by atoms with Crippen LogP contribution in [0.15, 0.2) is 18.2 Å². The van der Waals surface area contributed by atoms with E-state index >= 15 is 0 Å². The second-order valence-electron chi connectivity index (χ2n) is 3.35. The van der Waals surface area contributed by atoms with Crippen LogP contribution < -0.4 is 0 Å². The van der Waals surface area contributed by atoms with E-state index in [2.05, 4.69) is 0 Å². The van der Waals surface area contributed by atoms with Crippen LogP contribution in [-0.2, 0) is 0 Å². The van der Waals surface area contributed by atoms with Crippen molar-refractivity contribution in [1.29, 1.82) is 0 Å². The predicted molar refractivity (Wildman–Crippen MR) is 61.9 cm³/mol. The van der Waals surface area contributed by atoms with Crippen LogP contribution in [0.4, 0.5) is 0 Å². The van der Waals surface area contributed by atoms with E-state index in [0.717, 1.165) is 5.56 Å². The average molecular weight is 247 g/mol. The average Bonchev–Trinajstić information content (AvgIpc) is 2.16. The Hall–Kier alpha value is -0.730. The topological polar surface area (TPSA) is 37.3 Å². The summed E-state index contributed by atoms with van der Waals surface area (Å²) >= 11 is 12.0. The summed E-state index contributed by atoms with van der Waals surface area (Å²) in [4.78, 5) is 11.0. The Bertz CT molecular complexity index is 373. The molecule has 0 saturated heterocycles. The summed E-state index contributed by atoms with van der Waals surface area (Å²) in [7, 11) is 0. The zero-order valence-electron chi connectivity index (χ0n) is 8.50. The van der Waals surface area contributed by atoms with E-state index in [9.17, 15) is 4.79 Å². The molecule has 0 aliphatic heterocycles. The Labute approximate surface area is 98.8 Å². The van der Waals surface area contributed by atoms with E-state index in [4.69, 9.17) is 28.3 Å². The van der Waals surface area contributed by atoms with Gasteiger partial charge in [-0.2, -0.15) is 0 Å². The van der Waals surface area contributed by atoms with Gasteiger partial charge >= 0.3 is 5.97 Å². The molecule has 1 rings (SSSR count). The van der Waals surface area contributed by atoms with Gasteiger partial charge in [0.25, 0.3) is 0 Å². The second kappa shape index (κ2) is 4.86. The Kier molecular flexibility index (Phi) is 4.00. The summed E-state index contributed by atoms with van der Waals surface area (Å²) in [5, 5.41) is 8.40. The van der Waals surface area contributed by atoms with Crippen molar-refractivity contribution in [1.82, 2.24) is 0 Å². The fourth-order valence-electron chi connectivity index (χ4n) is 1.56. The van der Waals surface area contributed by atoms with Gasteiger partial charge in [0.15, 0.2) is 0 Å². The first-order valence-corrected chi connectivity index (χ1v) is 5.46. The SMILES string of the molecule is CC(Cl)c1cccc(C(=O)O)c1C(C)Cl. The highest BCUT2D eigenvalue weighted by Gasteiger charge is 2.19. The summed E-state index contributed by atoms with van der Waals surface area (Å²) in [5.74, 6) is -0.975. The van der Waals surface area contributed by atoms with Gasteiger partial charge in [0.2, 0.25) is 0 Å². The molecule has 0 fully saturated rings. The molecule has 2 unspecified atom stereocenters. The van der Waals surface area contributed by atoms with Gasteiger partial charge in [-0.15, -0.1) is 23.2 Å². The molecule has 15 heavy (non-hydrogen) atoms. The first-order chi connectivity index (χ1) is 6.95. The fourth-order valence-corrected chi connectivity index (χ4v) is 1.99. The molecular formula is C11H12Cl2O2. The number of carboxylic acids is 1. The monoisotopic (exact) mass is 246 g/mol. The quantitative estimate of drug-likeness (QED) is 0.820. The Morgan fingerprint density at radius 3 is 2.27 bits per heavy atom. The first-order valence-electron chi connectivity index (χ1n) is 4.59. The van der Waals surface area contributed by atoms with Gasteiger partial charge in [-0.3, -0.25) is 0 Å². The maximum Gasteiger partial charge on any atom is 0.336 e. The summed E-state index contributed by atoms with van der Waals surface area (Å²) in [5.41, 5.74) is 1.61. The van der Waals surface area contributed by atoms with Crippen molar-refractivity contribution in [3.8, 4) is 0 Å².